The molecule has 0 radical (unpaired) electrons. The van der Waals surface area contributed by atoms with Crippen molar-refractivity contribution in [3.05, 3.63) is 45.7 Å². The van der Waals surface area contributed by atoms with E-state index in [0.29, 0.717) is 35.4 Å². The fourth-order valence-electron chi connectivity index (χ4n) is 3.46. The number of benzene rings is 1. The molecule has 1 aliphatic rings. The minimum absolute atomic E-state index is 0.0919. The minimum Gasteiger partial charge on any atom is -0.493 e. The van der Waals surface area contributed by atoms with Crippen molar-refractivity contribution in [1.29, 1.82) is 0 Å². The summed E-state index contributed by atoms with van der Waals surface area (Å²) in [7, 11) is 1.61. The number of hydrogen-bond donors (Lipinski definition) is 1. The molecule has 0 unspecified atom stereocenters. The number of carbonyl (C=O) groups is 1. The van der Waals surface area contributed by atoms with Crippen LogP contribution >= 0.6 is 11.3 Å². The summed E-state index contributed by atoms with van der Waals surface area (Å²) in [5, 5.41) is 4.02. The Morgan fingerprint density at radius 3 is 2.72 bits per heavy atom. The van der Waals surface area contributed by atoms with E-state index in [1.54, 1.807) is 7.11 Å². The second kappa shape index (κ2) is 7.99. The van der Waals surface area contributed by atoms with Crippen molar-refractivity contribution in [1.82, 2.24) is 15.3 Å². The standard InChI is InChI=1S/C22H25N3O3S/c1-5-28-16-9-6-14(10-17(16)27-4)11-23-21(26)19-12(2)18-13(3)24-20(15-7-8-15)25-22(18)29-19/h6,9-10,15H,5,7-8,11H2,1-4H3,(H,23,26). The van der Waals surface area contributed by atoms with Crippen molar-refractivity contribution in [2.45, 2.75) is 46.1 Å². The second-order valence-electron chi connectivity index (χ2n) is 7.28. The smallest absolute Gasteiger partial charge is 0.261 e. The molecule has 1 amide bonds. The number of amides is 1. The first-order valence-electron chi connectivity index (χ1n) is 9.87. The van der Waals surface area contributed by atoms with Gasteiger partial charge in [0.25, 0.3) is 5.91 Å². The van der Waals surface area contributed by atoms with Gasteiger partial charge in [-0.2, -0.15) is 0 Å². The van der Waals surface area contributed by atoms with Gasteiger partial charge in [0, 0.05) is 17.8 Å². The first-order chi connectivity index (χ1) is 14.0. The summed E-state index contributed by atoms with van der Waals surface area (Å²) in [4.78, 5) is 23.9. The summed E-state index contributed by atoms with van der Waals surface area (Å²) >= 11 is 1.45. The molecule has 2 aromatic heterocycles. The number of methoxy groups -OCH3 is 1. The molecule has 152 valence electrons. The highest BCUT2D eigenvalue weighted by Crippen LogP contribution is 2.40. The van der Waals surface area contributed by atoms with Crippen LogP contribution in [0, 0.1) is 13.8 Å². The first-order valence-corrected chi connectivity index (χ1v) is 10.7. The zero-order valence-corrected chi connectivity index (χ0v) is 18.0. The maximum absolute atomic E-state index is 12.9. The van der Waals surface area contributed by atoms with E-state index in [0.717, 1.165) is 45.7 Å². The molecule has 1 saturated carbocycles. The molecule has 6 nitrogen and oxygen atoms in total. The maximum atomic E-state index is 12.9. The first kappa shape index (κ1) is 19.6. The van der Waals surface area contributed by atoms with Crippen molar-refractivity contribution in [2.75, 3.05) is 13.7 Å². The number of fused-ring (bicyclic) bond motifs is 1. The van der Waals surface area contributed by atoms with Crippen molar-refractivity contribution in [3.63, 3.8) is 0 Å². The topological polar surface area (TPSA) is 73.3 Å². The maximum Gasteiger partial charge on any atom is 0.261 e. The third-order valence-corrected chi connectivity index (χ3v) is 6.30. The van der Waals surface area contributed by atoms with Crippen LogP contribution in [0.15, 0.2) is 18.2 Å². The van der Waals surface area contributed by atoms with E-state index < -0.39 is 0 Å². The Morgan fingerprint density at radius 1 is 1.24 bits per heavy atom. The molecule has 2 heterocycles. The highest BCUT2D eigenvalue weighted by Gasteiger charge is 2.28. The molecule has 0 spiro atoms. The lowest BCUT2D eigenvalue weighted by Gasteiger charge is -2.11. The Hall–Kier alpha value is -2.67. The number of aryl methyl sites for hydroxylation is 2. The van der Waals surface area contributed by atoms with Gasteiger partial charge >= 0.3 is 0 Å². The molecule has 4 rings (SSSR count). The number of ether oxygens (including phenoxy) is 2. The zero-order chi connectivity index (χ0) is 20.5. The molecular formula is C22H25N3O3S. The molecule has 7 heteroatoms. The summed E-state index contributed by atoms with van der Waals surface area (Å²) in [5.41, 5.74) is 2.86. The van der Waals surface area contributed by atoms with Gasteiger partial charge in [-0.05, 0) is 56.9 Å². The van der Waals surface area contributed by atoms with Crippen LogP contribution in [0.4, 0.5) is 0 Å². The van der Waals surface area contributed by atoms with Crippen LogP contribution in [0.5, 0.6) is 11.5 Å². The van der Waals surface area contributed by atoms with Crippen molar-refractivity contribution >= 4 is 27.5 Å². The molecule has 0 aliphatic heterocycles. The summed E-state index contributed by atoms with van der Waals surface area (Å²) in [5.74, 6) is 2.68. The SMILES string of the molecule is CCOc1ccc(CNC(=O)c2sc3nc(C4CC4)nc(C)c3c2C)cc1OC. The Labute approximate surface area is 174 Å². The summed E-state index contributed by atoms with van der Waals surface area (Å²) < 4.78 is 10.9. The Balaban J connectivity index is 1.53. The molecule has 0 bridgehead atoms. The van der Waals surface area contributed by atoms with E-state index in [1.807, 2.05) is 39.0 Å². The van der Waals surface area contributed by atoms with Gasteiger partial charge in [-0.1, -0.05) is 6.07 Å². The normalized spacial score (nSPS) is 13.5. The number of nitrogens with one attached hydrogen (secondary N) is 1. The average Bonchev–Trinajstić information content (AvgIpc) is 3.50. The van der Waals surface area contributed by atoms with E-state index in [2.05, 4.69) is 10.3 Å². The average molecular weight is 412 g/mol. The van der Waals surface area contributed by atoms with Crippen LogP contribution in [0.25, 0.3) is 10.2 Å². The molecule has 0 atom stereocenters. The highest BCUT2D eigenvalue weighted by atomic mass is 32.1. The van der Waals surface area contributed by atoms with Gasteiger partial charge in [0.2, 0.25) is 0 Å². The van der Waals surface area contributed by atoms with Gasteiger partial charge in [-0.15, -0.1) is 11.3 Å². The fraction of sp³-hybridized carbons (Fsp3) is 0.409. The molecule has 1 fully saturated rings. The van der Waals surface area contributed by atoms with Crippen molar-refractivity contribution in [3.8, 4) is 11.5 Å². The lowest BCUT2D eigenvalue weighted by molar-refractivity contribution is 0.0954. The second-order valence-corrected chi connectivity index (χ2v) is 8.28. The third kappa shape index (κ3) is 3.92. The van der Waals surface area contributed by atoms with Crippen LogP contribution in [-0.4, -0.2) is 29.6 Å². The van der Waals surface area contributed by atoms with Crippen LogP contribution in [0.1, 0.15) is 58.0 Å². The Bertz CT molecular complexity index is 1070. The van der Waals surface area contributed by atoms with Crippen LogP contribution in [0.3, 0.4) is 0 Å². The number of thiophene rings is 1. The molecule has 0 saturated heterocycles. The van der Waals surface area contributed by atoms with E-state index in [9.17, 15) is 4.79 Å². The largest absolute Gasteiger partial charge is 0.493 e. The van der Waals surface area contributed by atoms with Crippen LogP contribution < -0.4 is 14.8 Å². The van der Waals surface area contributed by atoms with Crippen molar-refractivity contribution < 1.29 is 14.3 Å². The predicted molar refractivity (Wildman–Crippen MR) is 114 cm³/mol. The van der Waals surface area contributed by atoms with E-state index >= 15 is 0 Å². The quantitative estimate of drug-likeness (QED) is 0.619. The van der Waals surface area contributed by atoms with Gasteiger partial charge in [-0.25, -0.2) is 9.97 Å². The summed E-state index contributed by atoms with van der Waals surface area (Å²) in [6.07, 6.45) is 2.32. The Kier molecular flexibility index (Phi) is 5.41. The van der Waals surface area contributed by atoms with Gasteiger partial charge < -0.3 is 14.8 Å². The molecule has 1 N–H and O–H groups in total. The number of nitrogens with zero attached hydrogens (tertiary/aromatic N) is 2. The fourth-order valence-corrected chi connectivity index (χ4v) is 4.62. The molecule has 3 aromatic rings. The highest BCUT2D eigenvalue weighted by molar-refractivity contribution is 7.20. The Morgan fingerprint density at radius 2 is 2.03 bits per heavy atom. The van der Waals surface area contributed by atoms with Gasteiger partial charge in [0.15, 0.2) is 11.5 Å². The number of rotatable bonds is 7. The van der Waals surface area contributed by atoms with E-state index in [4.69, 9.17) is 14.5 Å². The lowest BCUT2D eigenvalue weighted by Crippen LogP contribution is -2.22. The van der Waals surface area contributed by atoms with Gasteiger partial charge in [-0.3, -0.25) is 4.79 Å². The van der Waals surface area contributed by atoms with Crippen molar-refractivity contribution in [2.24, 2.45) is 0 Å². The number of hydrogen-bond acceptors (Lipinski definition) is 6. The zero-order valence-electron chi connectivity index (χ0n) is 17.2. The monoisotopic (exact) mass is 411 g/mol. The lowest BCUT2D eigenvalue weighted by atomic mass is 10.1. The summed E-state index contributed by atoms with van der Waals surface area (Å²) in [6, 6.07) is 5.69. The predicted octanol–water partition coefficient (Wildman–Crippen LogP) is 4.52. The molecule has 1 aromatic carbocycles. The van der Waals surface area contributed by atoms with Crippen LogP contribution in [0.2, 0.25) is 0 Å². The molecule has 29 heavy (non-hydrogen) atoms. The van der Waals surface area contributed by atoms with Gasteiger partial charge in [0.1, 0.15) is 10.7 Å². The molecule has 1 aliphatic carbocycles. The molecular weight excluding hydrogens is 386 g/mol. The van der Waals surface area contributed by atoms with E-state index in [-0.39, 0.29) is 5.91 Å². The number of aromatic nitrogens is 2. The van der Waals surface area contributed by atoms with Crippen LogP contribution in [-0.2, 0) is 6.54 Å². The minimum atomic E-state index is -0.0919. The van der Waals surface area contributed by atoms with E-state index in [1.165, 1.54) is 11.3 Å². The van der Waals surface area contributed by atoms with Gasteiger partial charge in [0.05, 0.1) is 24.3 Å². The number of carbonyl (C=O) groups excluding carboxylic acids is 1. The summed E-state index contributed by atoms with van der Waals surface area (Å²) in [6.45, 7) is 6.89. The third-order valence-electron chi connectivity index (χ3n) is 5.12.